The van der Waals surface area contributed by atoms with Crippen molar-refractivity contribution in [1.29, 1.82) is 0 Å². The van der Waals surface area contributed by atoms with Gasteiger partial charge < -0.3 is 44.1 Å². The lowest BCUT2D eigenvalue weighted by molar-refractivity contribution is -0.384. The van der Waals surface area contributed by atoms with Gasteiger partial charge in [0.2, 0.25) is 5.79 Å². The Hall–Kier alpha value is -5.81. The second-order valence-corrected chi connectivity index (χ2v) is 20.3. The van der Waals surface area contributed by atoms with Crippen LogP contribution in [-0.2, 0) is 32.3 Å². The van der Waals surface area contributed by atoms with E-state index in [9.17, 15) is 29.9 Å². The number of amides is 2. The highest BCUT2D eigenvalue weighted by Gasteiger charge is 2.65. The Morgan fingerprint density at radius 1 is 0.855 bits per heavy atom. The van der Waals surface area contributed by atoms with Crippen LogP contribution in [0.2, 0.25) is 0 Å². The van der Waals surface area contributed by atoms with Crippen LogP contribution in [0.4, 0.5) is 15.3 Å². The van der Waals surface area contributed by atoms with Gasteiger partial charge in [-0.15, -0.1) is 6.58 Å². The molecule has 0 spiro atoms. The molecule has 16 nitrogen and oxygen atoms in total. The number of aliphatic hydroxyl groups excluding tert-OH is 2. The molecule has 3 aliphatic rings. The highest BCUT2D eigenvalue weighted by Crippen LogP contribution is 2.62. The number of nitrogens with one attached hydrogen (secondary N) is 1. The van der Waals surface area contributed by atoms with E-state index in [2.05, 4.69) is 24.9 Å². The second-order valence-electron chi connectivity index (χ2n) is 20.3. The van der Waals surface area contributed by atoms with Crippen LogP contribution in [0.15, 0.2) is 102 Å². The number of carbonyl (C=O) groups excluding carboxylic acids is 2. The lowest BCUT2D eigenvalue weighted by atomic mass is 9.55. The van der Waals surface area contributed by atoms with Crippen LogP contribution in [0.5, 0.6) is 11.5 Å². The molecule has 2 amide bonds. The van der Waals surface area contributed by atoms with Crippen molar-refractivity contribution in [3.8, 4) is 11.5 Å². The molecule has 1 aliphatic heterocycles. The number of fused-ring (bicyclic) bond motifs is 2. The number of nitro groups is 1. The number of nitro benzene ring substituents is 1. The average Bonchev–Trinajstić information content (AvgIpc) is 3.55. The number of hydrogen-bond donors (Lipinski definition) is 3. The van der Waals surface area contributed by atoms with Gasteiger partial charge in [-0.25, -0.2) is 9.59 Å². The zero-order valence-corrected chi connectivity index (χ0v) is 45.1. The van der Waals surface area contributed by atoms with E-state index in [4.69, 9.17) is 33.7 Å². The molecule has 0 radical (unpaired) electrons. The summed E-state index contributed by atoms with van der Waals surface area (Å²) in [6, 6.07) is 20.5. The molecule has 1 saturated carbocycles. The minimum Gasteiger partial charge on any atom is -0.459 e. The molecular formula is C60H84N4O12. The lowest BCUT2D eigenvalue weighted by Crippen LogP contribution is -2.70. The first-order valence-corrected chi connectivity index (χ1v) is 28.1. The molecule has 6 unspecified atom stereocenters. The molecule has 76 heavy (non-hydrogen) atoms. The van der Waals surface area contributed by atoms with Gasteiger partial charge in [0.15, 0.2) is 0 Å². The van der Waals surface area contributed by atoms with Gasteiger partial charge in [-0.3, -0.25) is 15.0 Å². The fraction of sp³-hybridized carbons (Fsp3) is 0.583. The van der Waals surface area contributed by atoms with E-state index < -0.39 is 34.9 Å². The third-order valence-electron chi connectivity index (χ3n) is 14.8. The first-order valence-electron chi connectivity index (χ1n) is 28.1. The summed E-state index contributed by atoms with van der Waals surface area (Å²) in [6.07, 6.45) is 19.5. The molecule has 6 atom stereocenters. The SMILES string of the molecule is C=CCOC12Oc3ccc(OC(=O)NCCCCCCCCCCCC)cc3C3C(CCCCO)C(CCCCO)C=C(C(=NOCc4ccc([N+](=O)[O-])cc4)CC1N(CCC)C(=O)OCCOCc1ccccc1)C32. The Balaban J connectivity index is 1.37. The molecular weight excluding hydrogens is 969 g/mol. The van der Waals surface area contributed by atoms with Crippen molar-refractivity contribution < 1.29 is 53.2 Å². The zero-order chi connectivity index (χ0) is 54.0. The largest absolute Gasteiger partial charge is 0.459 e. The predicted molar refractivity (Wildman–Crippen MR) is 293 cm³/mol. The van der Waals surface area contributed by atoms with Crippen LogP contribution < -0.4 is 14.8 Å². The van der Waals surface area contributed by atoms with Gasteiger partial charge in [0.1, 0.15) is 30.8 Å². The minimum absolute atomic E-state index is 0.00261. The van der Waals surface area contributed by atoms with E-state index in [-0.39, 0.29) is 76.0 Å². The van der Waals surface area contributed by atoms with Crippen LogP contribution in [0, 0.1) is 27.9 Å². The van der Waals surface area contributed by atoms with Crippen LogP contribution >= 0.6 is 0 Å². The number of allylic oxidation sites excluding steroid dienone is 1. The summed E-state index contributed by atoms with van der Waals surface area (Å²) in [7, 11) is 0. The summed E-state index contributed by atoms with van der Waals surface area (Å²) in [6.45, 7) is 9.74. The molecule has 3 aromatic carbocycles. The first kappa shape index (κ1) is 59.4. The second kappa shape index (κ2) is 32.1. The normalized spacial score (nSPS) is 20.9. The molecule has 16 heteroatoms. The fourth-order valence-corrected chi connectivity index (χ4v) is 11.2. The quantitative estimate of drug-likeness (QED) is 0.0218. The Kier molecular flexibility index (Phi) is 25.1. The summed E-state index contributed by atoms with van der Waals surface area (Å²) in [5, 5.41) is 39.4. The molecule has 6 rings (SSSR count). The zero-order valence-electron chi connectivity index (χ0n) is 45.1. The molecule has 3 N–H and O–H groups in total. The average molecular weight is 1050 g/mol. The van der Waals surface area contributed by atoms with Crippen molar-refractivity contribution >= 4 is 23.6 Å². The summed E-state index contributed by atoms with van der Waals surface area (Å²) in [5.74, 6) is -1.75. The maximum atomic E-state index is 14.7. The van der Waals surface area contributed by atoms with E-state index in [1.807, 2.05) is 49.4 Å². The molecule has 1 fully saturated rings. The first-order chi connectivity index (χ1) is 37.2. The van der Waals surface area contributed by atoms with Crippen molar-refractivity contribution in [2.45, 2.75) is 160 Å². The van der Waals surface area contributed by atoms with Crippen molar-refractivity contribution in [3.05, 3.63) is 124 Å². The maximum absolute atomic E-state index is 14.7. The van der Waals surface area contributed by atoms with E-state index >= 15 is 0 Å². The number of benzene rings is 3. The van der Waals surface area contributed by atoms with Crippen LogP contribution in [0.25, 0.3) is 0 Å². The van der Waals surface area contributed by atoms with Crippen molar-refractivity contribution in [1.82, 2.24) is 10.2 Å². The van der Waals surface area contributed by atoms with Gasteiger partial charge in [-0.05, 0) is 97.4 Å². The number of rotatable bonds is 35. The summed E-state index contributed by atoms with van der Waals surface area (Å²) in [4.78, 5) is 47.0. The third-order valence-corrected chi connectivity index (χ3v) is 14.8. The standard InChI is InChI=1S/C60H84N4O12/c1-4-7-8-9-10-11-12-13-14-20-33-61-58(67)75-49-31-32-54-52(41-49)56-50(26-19-22-36-66)47(25-18-21-35-65)40-51-53(62-74-44-46-27-29-48(30-28-46)64(69)70)42-55(60(76-54,57(51)56)73-37-6-3)63(34-5-2)59(68)72-39-38-71-43-45-23-16-15-17-24-45/h6,15-17,23-24,27-32,40-41,47,50,55-57,65-66H,3-5,7-14,18-22,25-26,33-39,42-44H2,1-2H3,(H,61,67). The highest BCUT2D eigenvalue weighted by molar-refractivity contribution is 6.03. The van der Waals surface area contributed by atoms with Crippen LogP contribution in [0.1, 0.15) is 152 Å². The lowest BCUT2D eigenvalue weighted by Gasteiger charge is -2.59. The van der Waals surface area contributed by atoms with Crippen molar-refractivity contribution in [2.24, 2.45) is 22.9 Å². The van der Waals surface area contributed by atoms with E-state index in [1.54, 1.807) is 29.2 Å². The van der Waals surface area contributed by atoms with E-state index in [1.165, 1.54) is 57.1 Å². The third kappa shape index (κ3) is 16.8. The van der Waals surface area contributed by atoms with Crippen LogP contribution in [-0.4, -0.2) is 95.9 Å². The predicted octanol–water partition coefficient (Wildman–Crippen LogP) is 12.5. The van der Waals surface area contributed by atoms with Gasteiger partial charge in [0.25, 0.3) is 5.69 Å². The molecule has 0 aromatic heterocycles. The molecule has 0 saturated heterocycles. The van der Waals surface area contributed by atoms with Gasteiger partial charge in [0.05, 0.1) is 36.4 Å². The molecule has 1 heterocycles. The van der Waals surface area contributed by atoms with Crippen molar-refractivity contribution in [2.75, 3.05) is 46.1 Å². The molecule has 416 valence electrons. The van der Waals surface area contributed by atoms with Gasteiger partial charge >= 0.3 is 12.2 Å². The maximum Gasteiger partial charge on any atom is 0.412 e. The minimum atomic E-state index is -1.53. The fourth-order valence-electron chi connectivity index (χ4n) is 11.2. The molecule has 0 bridgehead atoms. The smallest absolute Gasteiger partial charge is 0.412 e. The number of nitrogens with zero attached hydrogens (tertiary/aromatic N) is 3. The number of aliphatic hydroxyl groups is 2. The topological polar surface area (TPSA) is 201 Å². The number of ether oxygens (including phenoxy) is 5. The Morgan fingerprint density at radius 2 is 1.55 bits per heavy atom. The number of oxime groups is 1. The Morgan fingerprint density at radius 3 is 2.24 bits per heavy atom. The number of hydrogen-bond acceptors (Lipinski definition) is 13. The molecule has 2 aliphatic carbocycles. The number of non-ortho nitro benzene ring substituents is 1. The Labute approximate surface area is 450 Å². The highest BCUT2D eigenvalue weighted by atomic mass is 16.7. The van der Waals surface area contributed by atoms with Gasteiger partial charge in [-0.1, -0.05) is 132 Å². The van der Waals surface area contributed by atoms with Crippen molar-refractivity contribution in [3.63, 3.8) is 0 Å². The van der Waals surface area contributed by atoms with Gasteiger partial charge in [-0.2, -0.15) is 0 Å². The molecule has 3 aromatic rings. The van der Waals surface area contributed by atoms with Gasteiger partial charge in [0, 0.05) is 56.3 Å². The number of carbonyl (C=O) groups is 2. The monoisotopic (exact) mass is 1050 g/mol. The Bertz CT molecular complexity index is 2310. The summed E-state index contributed by atoms with van der Waals surface area (Å²) in [5.41, 5.74) is 3.84. The van der Waals surface area contributed by atoms with Crippen LogP contribution in [0.3, 0.4) is 0 Å². The summed E-state index contributed by atoms with van der Waals surface area (Å²) < 4.78 is 32.4. The summed E-state index contributed by atoms with van der Waals surface area (Å²) >= 11 is 0. The van der Waals surface area contributed by atoms with E-state index in [0.29, 0.717) is 61.6 Å². The number of unbranched alkanes of at least 4 members (excludes halogenated alkanes) is 11. The van der Waals surface area contributed by atoms with E-state index in [0.717, 1.165) is 55.2 Å².